The van der Waals surface area contributed by atoms with Gasteiger partial charge in [-0.3, -0.25) is 4.79 Å². The number of rotatable bonds is 5. The highest BCUT2D eigenvalue weighted by Gasteiger charge is 2.49. The van der Waals surface area contributed by atoms with Crippen LogP contribution < -0.4 is 10.6 Å². The van der Waals surface area contributed by atoms with Crippen LogP contribution in [0, 0.1) is 17.8 Å². The Bertz CT molecular complexity index is 512. The first-order valence-electron chi connectivity index (χ1n) is 7.34. The van der Waals surface area contributed by atoms with Crippen molar-refractivity contribution in [1.82, 2.24) is 20.2 Å². The van der Waals surface area contributed by atoms with Gasteiger partial charge in [0.2, 0.25) is 5.91 Å². The number of carbonyl (C=O) groups is 1. The molecule has 1 saturated heterocycles. The van der Waals surface area contributed by atoms with Gasteiger partial charge in [-0.15, -0.1) is 0 Å². The van der Waals surface area contributed by atoms with Crippen molar-refractivity contribution in [2.45, 2.75) is 33.1 Å². The van der Waals surface area contributed by atoms with Gasteiger partial charge in [0.05, 0.1) is 18.4 Å². The van der Waals surface area contributed by atoms with E-state index in [-0.39, 0.29) is 19.6 Å². The summed E-state index contributed by atoms with van der Waals surface area (Å²) in [6.45, 7) is 4.85. The zero-order valence-corrected chi connectivity index (χ0v) is 12.7. The summed E-state index contributed by atoms with van der Waals surface area (Å²) in [6, 6.07) is 0. The monoisotopic (exact) mass is 318 g/mol. The van der Waals surface area contributed by atoms with Crippen molar-refractivity contribution < 1.29 is 18.0 Å². The molecule has 2 N–H and O–H groups in total. The summed E-state index contributed by atoms with van der Waals surface area (Å²) >= 11 is 0. The molecule has 2 rings (SSSR count). The number of carbonyl (C=O) groups excluding carboxylic acids is 1. The van der Waals surface area contributed by atoms with Gasteiger partial charge >= 0.3 is 6.18 Å². The van der Waals surface area contributed by atoms with Crippen molar-refractivity contribution in [2.75, 3.05) is 13.1 Å². The average molecular weight is 318 g/mol. The number of hydrogen-bond acceptors (Lipinski definition) is 3. The summed E-state index contributed by atoms with van der Waals surface area (Å²) < 4.78 is 40.5. The summed E-state index contributed by atoms with van der Waals surface area (Å²) in [5.41, 5.74) is 0. The summed E-state index contributed by atoms with van der Waals surface area (Å²) in [7, 11) is 0. The quantitative estimate of drug-likeness (QED) is 0.866. The first-order chi connectivity index (χ1) is 10.3. The Labute approximate surface area is 127 Å². The minimum absolute atomic E-state index is 0.0520. The number of nitrogens with one attached hydrogen (secondary N) is 2. The summed E-state index contributed by atoms with van der Waals surface area (Å²) in [6.07, 6.45) is -0.932. The van der Waals surface area contributed by atoms with Gasteiger partial charge in [0.25, 0.3) is 0 Å². The van der Waals surface area contributed by atoms with Crippen LogP contribution in [0.5, 0.6) is 0 Å². The Morgan fingerprint density at radius 1 is 1.50 bits per heavy atom. The van der Waals surface area contributed by atoms with Crippen LogP contribution in [0.4, 0.5) is 13.2 Å². The van der Waals surface area contributed by atoms with Gasteiger partial charge in [0.15, 0.2) is 0 Å². The van der Waals surface area contributed by atoms with Gasteiger partial charge in [0, 0.05) is 32.0 Å². The second-order valence-electron chi connectivity index (χ2n) is 6.02. The molecule has 0 radical (unpaired) electrons. The zero-order chi connectivity index (χ0) is 16.3. The van der Waals surface area contributed by atoms with Gasteiger partial charge < -0.3 is 15.2 Å². The van der Waals surface area contributed by atoms with E-state index in [1.54, 1.807) is 12.4 Å². The van der Waals surface area contributed by atoms with Crippen molar-refractivity contribution in [2.24, 2.45) is 17.8 Å². The van der Waals surface area contributed by atoms with Crippen LogP contribution in [-0.4, -0.2) is 34.7 Å². The molecule has 0 unspecified atom stereocenters. The summed E-state index contributed by atoms with van der Waals surface area (Å²) in [5.74, 6) is -2.21. The third kappa shape index (κ3) is 4.00. The largest absolute Gasteiger partial charge is 0.393 e. The van der Waals surface area contributed by atoms with Crippen molar-refractivity contribution in [3.8, 4) is 0 Å². The fourth-order valence-corrected chi connectivity index (χ4v) is 2.66. The van der Waals surface area contributed by atoms with Gasteiger partial charge in [-0.05, 0) is 5.92 Å². The van der Waals surface area contributed by atoms with E-state index >= 15 is 0 Å². The first-order valence-corrected chi connectivity index (χ1v) is 7.34. The molecule has 1 aliphatic rings. The SMILES string of the molecule is CC(C)Cn1ccnc1CNC(=O)[C@@H]1CNC[C@H]1C(F)(F)F. The van der Waals surface area contributed by atoms with Crippen LogP contribution in [0.1, 0.15) is 19.7 Å². The molecule has 0 spiro atoms. The van der Waals surface area contributed by atoms with E-state index in [1.165, 1.54) is 0 Å². The van der Waals surface area contributed by atoms with E-state index in [0.717, 1.165) is 6.54 Å². The molecule has 1 aliphatic heterocycles. The number of hydrogen-bond donors (Lipinski definition) is 2. The fraction of sp³-hybridized carbons (Fsp3) is 0.714. The Morgan fingerprint density at radius 3 is 2.86 bits per heavy atom. The Kier molecular flexibility index (Phi) is 5.10. The predicted octanol–water partition coefficient (Wildman–Crippen LogP) is 1.55. The molecule has 1 fully saturated rings. The third-order valence-electron chi connectivity index (χ3n) is 3.76. The number of aromatic nitrogens is 2. The topological polar surface area (TPSA) is 59.0 Å². The highest BCUT2D eigenvalue weighted by molar-refractivity contribution is 5.79. The lowest BCUT2D eigenvalue weighted by molar-refractivity contribution is -0.182. The maximum atomic E-state index is 12.9. The lowest BCUT2D eigenvalue weighted by Crippen LogP contribution is -2.40. The molecule has 0 aliphatic carbocycles. The smallest absolute Gasteiger partial charge is 0.349 e. The second-order valence-corrected chi connectivity index (χ2v) is 6.02. The lowest BCUT2D eigenvalue weighted by Gasteiger charge is -2.20. The van der Waals surface area contributed by atoms with Crippen LogP contribution in [0.2, 0.25) is 0 Å². The minimum Gasteiger partial charge on any atom is -0.349 e. The van der Waals surface area contributed by atoms with E-state index in [0.29, 0.717) is 11.7 Å². The van der Waals surface area contributed by atoms with Crippen LogP contribution >= 0.6 is 0 Å². The third-order valence-corrected chi connectivity index (χ3v) is 3.76. The molecular weight excluding hydrogens is 297 g/mol. The molecule has 1 aromatic heterocycles. The van der Waals surface area contributed by atoms with Gasteiger partial charge in [-0.1, -0.05) is 13.8 Å². The molecular formula is C14H21F3N4O. The normalized spacial score (nSPS) is 22.3. The van der Waals surface area contributed by atoms with Crippen LogP contribution in [0.15, 0.2) is 12.4 Å². The van der Waals surface area contributed by atoms with E-state index in [2.05, 4.69) is 29.5 Å². The van der Waals surface area contributed by atoms with Crippen molar-refractivity contribution in [1.29, 1.82) is 0 Å². The predicted molar refractivity (Wildman–Crippen MR) is 74.8 cm³/mol. The second kappa shape index (κ2) is 6.68. The molecule has 0 saturated carbocycles. The molecule has 1 amide bonds. The molecule has 2 heterocycles. The molecule has 22 heavy (non-hydrogen) atoms. The number of imidazole rings is 1. The van der Waals surface area contributed by atoms with E-state index in [9.17, 15) is 18.0 Å². The van der Waals surface area contributed by atoms with E-state index < -0.39 is 23.9 Å². The van der Waals surface area contributed by atoms with Gasteiger partial charge in [0.1, 0.15) is 5.82 Å². The first kappa shape index (κ1) is 16.8. The number of halogens is 3. The van der Waals surface area contributed by atoms with Crippen LogP contribution in [-0.2, 0) is 17.9 Å². The van der Waals surface area contributed by atoms with Crippen LogP contribution in [0.3, 0.4) is 0 Å². The zero-order valence-electron chi connectivity index (χ0n) is 12.7. The van der Waals surface area contributed by atoms with Crippen molar-refractivity contribution in [3.05, 3.63) is 18.2 Å². The molecule has 8 heteroatoms. The van der Waals surface area contributed by atoms with Crippen LogP contribution in [0.25, 0.3) is 0 Å². The average Bonchev–Trinajstić information content (AvgIpc) is 3.03. The molecule has 5 nitrogen and oxygen atoms in total. The Balaban J connectivity index is 1.94. The maximum Gasteiger partial charge on any atom is 0.393 e. The number of alkyl halides is 3. The maximum absolute atomic E-state index is 12.9. The van der Waals surface area contributed by atoms with E-state index in [4.69, 9.17) is 0 Å². The molecule has 2 atom stereocenters. The Hall–Kier alpha value is -1.57. The van der Waals surface area contributed by atoms with Gasteiger partial charge in [-0.2, -0.15) is 13.2 Å². The lowest BCUT2D eigenvalue weighted by atomic mass is 9.94. The highest BCUT2D eigenvalue weighted by Crippen LogP contribution is 2.34. The standard InChI is InChI=1S/C14H21F3N4O/c1-9(2)8-21-4-3-19-12(21)7-20-13(22)10-5-18-6-11(10)14(15,16)17/h3-4,9-11,18H,5-8H2,1-2H3,(H,20,22)/t10-,11-/m1/s1. The number of nitrogens with zero attached hydrogens (tertiary/aromatic N) is 2. The number of amides is 1. The summed E-state index contributed by atoms with van der Waals surface area (Å²) in [4.78, 5) is 16.2. The Morgan fingerprint density at radius 2 is 2.23 bits per heavy atom. The highest BCUT2D eigenvalue weighted by atomic mass is 19.4. The molecule has 0 bridgehead atoms. The summed E-state index contributed by atoms with van der Waals surface area (Å²) in [5, 5.41) is 5.22. The van der Waals surface area contributed by atoms with E-state index in [1.807, 2.05) is 4.57 Å². The van der Waals surface area contributed by atoms with Crippen molar-refractivity contribution in [3.63, 3.8) is 0 Å². The van der Waals surface area contributed by atoms with Gasteiger partial charge in [-0.25, -0.2) is 4.98 Å². The minimum atomic E-state index is -4.36. The molecule has 124 valence electrons. The fourth-order valence-electron chi connectivity index (χ4n) is 2.66. The molecule has 1 aromatic rings. The van der Waals surface area contributed by atoms with Crippen molar-refractivity contribution >= 4 is 5.91 Å². The molecule has 0 aromatic carbocycles.